The Morgan fingerprint density at radius 3 is 2.72 bits per heavy atom. The molecule has 4 heteroatoms. The van der Waals surface area contributed by atoms with Crippen molar-refractivity contribution in [1.82, 2.24) is 4.57 Å². The number of ketones is 1. The molecule has 0 atom stereocenters. The van der Waals surface area contributed by atoms with Crippen LogP contribution in [0.1, 0.15) is 36.2 Å². The fourth-order valence-corrected chi connectivity index (χ4v) is 2.72. The maximum atomic E-state index is 12.3. The lowest BCUT2D eigenvalue weighted by molar-refractivity contribution is 0.101. The molecule has 2 aromatic rings. The van der Waals surface area contributed by atoms with Crippen LogP contribution in [0.25, 0.3) is 10.9 Å². The van der Waals surface area contributed by atoms with Crippen molar-refractivity contribution < 1.29 is 4.79 Å². The number of hydrogen-bond donors (Lipinski definition) is 0. The van der Waals surface area contributed by atoms with Gasteiger partial charge in [0.2, 0.25) is 0 Å². The topological polar surface area (TPSA) is 39.1 Å². The molecular formula is C14H12INO2. The largest absolute Gasteiger partial charge is 0.343 e. The van der Waals surface area contributed by atoms with E-state index in [0.717, 1.165) is 21.9 Å². The van der Waals surface area contributed by atoms with Gasteiger partial charge in [-0.25, -0.2) is 0 Å². The summed E-state index contributed by atoms with van der Waals surface area (Å²) in [6.45, 7) is 1.45. The van der Waals surface area contributed by atoms with E-state index in [1.54, 1.807) is 6.20 Å². The number of carbonyl (C=O) groups excluding carboxylic acids is 1. The molecule has 0 amide bonds. The van der Waals surface area contributed by atoms with Crippen molar-refractivity contribution in [3.8, 4) is 0 Å². The highest BCUT2D eigenvalue weighted by Crippen LogP contribution is 2.37. The third-order valence-corrected chi connectivity index (χ3v) is 3.98. The van der Waals surface area contributed by atoms with Crippen molar-refractivity contribution in [3.63, 3.8) is 0 Å². The van der Waals surface area contributed by atoms with Crippen LogP contribution in [0.5, 0.6) is 0 Å². The van der Waals surface area contributed by atoms with Gasteiger partial charge in [0.25, 0.3) is 0 Å². The van der Waals surface area contributed by atoms with Gasteiger partial charge in [0.05, 0.1) is 11.1 Å². The maximum Gasteiger partial charge on any atom is 0.200 e. The number of pyridine rings is 1. The summed E-state index contributed by atoms with van der Waals surface area (Å²) in [6, 6.07) is 6.28. The molecule has 1 saturated carbocycles. The molecule has 0 radical (unpaired) electrons. The molecular weight excluding hydrogens is 341 g/mol. The Morgan fingerprint density at radius 2 is 2.11 bits per heavy atom. The van der Waals surface area contributed by atoms with Gasteiger partial charge in [-0.15, -0.1) is 0 Å². The molecule has 0 spiro atoms. The number of Topliss-reactive ketones (excluding diaryl/α,β-unsaturated/α-hetero) is 1. The standard InChI is InChI=1S/C14H12INO2/c1-8(17)12-7-16(10-3-4-10)13-5-2-9(15)6-11(13)14(12)18/h2,5-7,10H,3-4H2,1H3. The number of aromatic nitrogens is 1. The summed E-state index contributed by atoms with van der Waals surface area (Å²) in [5, 5.41) is 0.654. The summed E-state index contributed by atoms with van der Waals surface area (Å²) in [6.07, 6.45) is 3.99. The van der Waals surface area contributed by atoms with Crippen LogP contribution in [0, 0.1) is 3.57 Å². The summed E-state index contributed by atoms with van der Waals surface area (Å²) in [4.78, 5) is 23.9. The van der Waals surface area contributed by atoms with Crippen LogP contribution < -0.4 is 5.43 Å². The third kappa shape index (κ3) is 1.88. The molecule has 1 aromatic carbocycles. The lowest BCUT2D eigenvalue weighted by Gasteiger charge is -2.11. The van der Waals surface area contributed by atoms with Crippen LogP contribution in [-0.2, 0) is 0 Å². The zero-order valence-corrected chi connectivity index (χ0v) is 12.1. The van der Waals surface area contributed by atoms with E-state index >= 15 is 0 Å². The second kappa shape index (κ2) is 4.19. The van der Waals surface area contributed by atoms with Gasteiger partial charge in [0.15, 0.2) is 11.2 Å². The van der Waals surface area contributed by atoms with Gasteiger partial charge in [0.1, 0.15) is 0 Å². The number of benzene rings is 1. The monoisotopic (exact) mass is 353 g/mol. The van der Waals surface area contributed by atoms with E-state index < -0.39 is 0 Å². The zero-order valence-electron chi connectivity index (χ0n) is 9.94. The molecule has 0 bridgehead atoms. The second-order valence-corrected chi connectivity index (χ2v) is 5.97. The van der Waals surface area contributed by atoms with Crippen molar-refractivity contribution in [2.45, 2.75) is 25.8 Å². The van der Waals surface area contributed by atoms with Gasteiger partial charge in [0, 0.05) is 21.2 Å². The molecule has 0 N–H and O–H groups in total. The highest BCUT2D eigenvalue weighted by atomic mass is 127. The average molecular weight is 353 g/mol. The van der Waals surface area contributed by atoms with Gasteiger partial charge in [-0.3, -0.25) is 9.59 Å². The molecule has 92 valence electrons. The van der Waals surface area contributed by atoms with Crippen LogP contribution >= 0.6 is 22.6 Å². The SMILES string of the molecule is CC(=O)c1cn(C2CC2)c2ccc(I)cc2c1=O. The Labute approximate surface area is 118 Å². The van der Waals surface area contributed by atoms with Gasteiger partial charge >= 0.3 is 0 Å². The molecule has 1 heterocycles. The molecule has 0 aliphatic heterocycles. The normalized spacial score (nSPS) is 15.0. The summed E-state index contributed by atoms with van der Waals surface area (Å²) in [5.41, 5.74) is 1.09. The zero-order chi connectivity index (χ0) is 12.9. The first-order chi connectivity index (χ1) is 8.58. The highest BCUT2D eigenvalue weighted by molar-refractivity contribution is 14.1. The molecule has 0 saturated heterocycles. The average Bonchev–Trinajstić information content (AvgIpc) is 3.14. The molecule has 1 fully saturated rings. The highest BCUT2D eigenvalue weighted by Gasteiger charge is 2.26. The third-order valence-electron chi connectivity index (χ3n) is 3.31. The minimum atomic E-state index is -0.157. The van der Waals surface area contributed by atoms with Crippen LogP contribution in [0.2, 0.25) is 0 Å². The van der Waals surface area contributed by atoms with Crippen LogP contribution in [0.15, 0.2) is 29.2 Å². The molecule has 18 heavy (non-hydrogen) atoms. The number of hydrogen-bond acceptors (Lipinski definition) is 2. The molecule has 1 aromatic heterocycles. The summed E-state index contributed by atoms with van der Waals surface area (Å²) >= 11 is 2.19. The summed E-state index contributed by atoms with van der Waals surface area (Å²) in [7, 11) is 0. The van der Waals surface area contributed by atoms with Gasteiger partial charge in [-0.05, 0) is 60.6 Å². The maximum absolute atomic E-state index is 12.3. The quantitative estimate of drug-likeness (QED) is 0.615. The van der Waals surface area contributed by atoms with Crippen molar-refractivity contribution >= 4 is 39.3 Å². The van der Waals surface area contributed by atoms with E-state index in [2.05, 4.69) is 27.2 Å². The van der Waals surface area contributed by atoms with Crippen LogP contribution in [0.3, 0.4) is 0 Å². The lowest BCUT2D eigenvalue weighted by atomic mass is 10.1. The van der Waals surface area contributed by atoms with E-state index in [1.807, 2.05) is 18.2 Å². The summed E-state index contributed by atoms with van der Waals surface area (Å²) < 4.78 is 3.10. The van der Waals surface area contributed by atoms with Crippen LogP contribution in [0.4, 0.5) is 0 Å². The number of halogens is 1. The first kappa shape index (κ1) is 11.9. The Balaban J connectivity index is 2.43. The van der Waals surface area contributed by atoms with Crippen LogP contribution in [-0.4, -0.2) is 10.4 Å². The van der Waals surface area contributed by atoms with Gasteiger partial charge in [-0.2, -0.15) is 0 Å². The van der Waals surface area contributed by atoms with E-state index in [0.29, 0.717) is 17.0 Å². The number of carbonyl (C=O) groups is 1. The second-order valence-electron chi connectivity index (χ2n) is 4.73. The van der Waals surface area contributed by atoms with Crippen molar-refractivity contribution in [2.24, 2.45) is 0 Å². The van der Waals surface area contributed by atoms with Gasteiger partial charge < -0.3 is 4.57 Å². The van der Waals surface area contributed by atoms with Crippen molar-refractivity contribution in [3.05, 3.63) is 43.8 Å². The fourth-order valence-electron chi connectivity index (χ4n) is 2.23. The Kier molecular flexibility index (Phi) is 2.77. The van der Waals surface area contributed by atoms with Gasteiger partial charge in [-0.1, -0.05) is 0 Å². The fraction of sp³-hybridized carbons (Fsp3) is 0.286. The van der Waals surface area contributed by atoms with E-state index in [1.165, 1.54) is 6.92 Å². The van der Waals surface area contributed by atoms with Crippen molar-refractivity contribution in [1.29, 1.82) is 0 Å². The molecule has 1 aliphatic carbocycles. The number of fused-ring (bicyclic) bond motifs is 1. The Bertz CT molecular complexity index is 714. The Morgan fingerprint density at radius 1 is 1.39 bits per heavy atom. The molecule has 1 aliphatic rings. The summed E-state index contributed by atoms with van der Waals surface area (Å²) in [5.74, 6) is -0.157. The van der Waals surface area contributed by atoms with Crippen molar-refractivity contribution in [2.75, 3.05) is 0 Å². The molecule has 3 nitrogen and oxygen atoms in total. The minimum absolute atomic E-state index is 0.145. The van der Waals surface area contributed by atoms with E-state index in [9.17, 15) is 9.59 Å². The predicted molar refractivity (Wildman–Crippen MR) is 79.2 cm³/mol. The molecule has 3 rings (SSSR count). The Hall–Kier alpha value is -1.17. The first-order valence-corrected chi connectivity index (χ1v) is 7.01. The van der Waals surface area contributed by atoms with E-state index in [-0.39, 0.29) is 11.2 Å². The number of rotatable bonds is 2. The predicted octanol–water partition coefficient (Wildman–Crippen LogP) is 3.14. The van der Waals surface area contributed by atoms with E-state index in [4.69, 9.17) is 0 Å². The lowest BCUT2D eigenvalue weighted by Crippen LogP contribution is -2.17. The number of nitrogens with zero attached hydrogens (tertiary/aromatic N) is 1. The molecule has 0 unspecified atom stereocenters. The smallest absolute Gasteiger partial charge is 0.200 e. The minimum Gasteiger partial charge on any atom is -0.343 e. The first-order valence-electron chi connectivity index (χ1n) is 5.93.